The zero-order valence-corrected chi connectivity index (χ0v) is 24.9. The Labute approximate surface area is 243 Å². The van der Waals surface area contributed by atoms with Crippen LogP contribution in [0.25, 0.3) is 0 Å². The number of hydrogen-bond acceptors (Lipinski definition) is 6. The van der Waals surface area contributed by atoms with Gasteiger partial charge in [-0.05, 0) is 77.1 Å². The topological polar surface area (TPSA) is 114 Å². The Morgan fingerprint density at radius 2 is 1.61 bits per heavy atom. The largest absolute Gasteiger partial charge is 0.493 e. The molecule has 0 spiro atoms. The Morgan fingerprint density at radius 1 is 1.00 bits per heavy atom. The maximum Gasteiger partial charge on any atom is 0.329 e. The third kappa shape index (κ3) is 8.00. The first-order chi connectivity index (χ1) is 19.7. The Balaban J connectivity index is 1.89. The first kappa shape index (κ1) is 31.9. The van der Waals surface area contributed by atoms with Crippen molar-refractivity contribution in [3.63, 3.8) is 0 Å². The number of urea groups is 1. The number of ether oxygens (including phenoxy) is 3. The van der Waals surface area contributed by atoms with Crippen molar-refractivity contribution in [3.8, 4) is 11.5 Å². The first-order valence-electron chi connectivity index (χ1n) is 14.6. The number of nitrogens with one attached hydrogen (secondary N) is 1. The molecule has 1 saturated carbocycles. The second-order valence-electron chi connectivity index (χ2n) is 10.4. The van der Waals surface area contributed by atoms with Crippen molar-refractivity contribution < 1.29 is 33.7 Å². The molecule has 1 aliphatic carbocycles. The van der Waals surface area contributed by atoms with E-state index in [0.717, 1.165) is 24.8 Å². The molecule has 0 aromatic heterocycles. The standard InChI is InChI=1S/C32H44N2O7/c1-6-39-26-20-32(21-26,30(36)37)33-31(38)34(17-13-12-16-24-14-10-9-11-15-24)22(4)25-18-27(40-7-2)29(23(5)35)28(19-25)41-8-3/h9-11,14-15,18-19,22,26H,6-8,12-13,16-17,20-21H2,1-5H3,(H,33,38)(H,36,37)/t22-,26?,32?/m1/s1. The fraction of sp³-hybridized carbons (Fsp3) is 0.531. The maximum absolute atomic E-state index is 13.8. The molecular weight excluding hydrogens is 524 g/mol. The number of carbonyl (C=O) groups excluding carboxylic acids is 2. The minimum atomic E-state index is -1.37. The van der Waals surface area contributed by atoms with E-state index in [1.165, 1.54) is 12.5 Å². The molecule has 0 bridgehead atoms. The van der Waals surface area contributed by atoms with Crippen LogP contribution in [0.15, 0.2) is 42.5 Å². The first-order valence-corrected chi connectivity index (χ1v) is 14.6. The zero-order chi connectivity index (χ0) is 30.0. The van der Waals surface area contributed by atoms with Gasteiger partial charge >= 0.3 is 12.0 Å². The van der Waals surface area contributed by atoms with Crippen molar-refractivity contribution in [2.24, 2.45) is 0 Å². The molecule has 224 valence electrons. The average molecular weight is 569 g/mol. The molecule has 0 unspecified atom stereocenters. The smallest absolute Gasteiger partial charge is 0.329 e. The molecule has 1 aliphatic rings. The Hall–Kier alpha value is -3.59. The molecule has 9 heteroatoms. The SMILES string of the molecule is CCOc1cc([C@@H](C)N(CCCCc2ccccc2)C(=O)NC2(C(=O)O)CC(OCC)C2)cc(OCC)c1C(C)=O. The van der Waals surface area contributed by atoms with E-state index in [0.29, 0.717) is 43.4 Å². The summed E-state index contributed by atoms with van der Waals surface area (Å²) in [6.07, 6.45) is 2.68. The molecule has 2 amide bonds. The van der Waals surface area contributed by atoms with Gasteiger partial charge < -0.3 is 29.5 Å². The van der Waals surface area contributed by atoms with E-state index in [2.05, 4.69) is 17.4 Å². The highest BCUT2D eigenvalue weighted by Gasteiger charge is 2.53. The van der Waals surface area contributed by atoms with Crippen LogP contribution in [0.5, 0.6) is 11.5 Å². The number of aryl methyl sites for hydroxylation is 1. The number of nitrogens with zero attached hydrogens (tertiary/aromatic N) is 1. The number of unbranched alkanes of at least 4 members (excludes halogenated alkanes) is 1. The summed E-state index contributed by atoms with van der Waals surface area (Å²) in [6.45, 7) is 10.5. The highest BCUT2D eigenvalue weighted by Crippen LogP contribution is 2.38. The van der Waals surface area contributed by atoms with Crippen LogP contribution in [-0.2, 0) is 16.0 Å². The van der Waals surface area contributed by atoms with E-state index in [1.54, 1.807) is 17.0 Å². The van der Waals surface area contributed by atoms with Crippen LogP contribution >= 0.6 is 0 Å². The highest BCUT2D eigenvalue weighted by molar-refractivity contribution is 6.00. The number of Topliss-reactive ketones (excluding diaryl/α,β-unsaturated/α-hetero) is 1. The van der Waals surface area contributed by atoms with Crippen molar-refractivity contribution in [3.05, 3.63) is 59.2 Å². The number of carbonyl (C=O) groups is 3. The van der Waals surface area contributed by atoms with Gasteiger partial charge in [0.15, 0.2) is 5.78 Å². The van der Waals surface area contributed by atoms with Gasteiger partial charge in [-0.15, -0.1) is 0 Å². The Morgan fingerprint density at radius 3 is 2.12 bits per heavy atom. The monoisotopic (exact) mass is 568 g/mol. The molecule has 0 heterocycles. The summed E-state index contributed by atoms with van der Waals surface area (Å²) in [5.41, 5.74) is 0.945. The quantitative estimate of drug-likeness (QED) is 0.194. The number of benzene rings is 2. The summed E-state index contributed by atoms with van der Waals surface area (Å²) in [5.74, 6) is -0.444. The van der Waals surface area contributed by atoms with Gasteiger partial charge in [-0.1, -0.05) is 30.3 Å². The van der Waals surface area contributed by atoms with Crippen LogP contribution in [0.1, 0.15) is 87.8 Å². The predicted molar refractivity (Wildman–Crippen MR) is 157 cm³/mol. The van der Waals surface area contributed by atoms with E-state index in [4.69, 9.17) is 14.2 Å². The molecule has 1 fully saturated rings. The maximum atomic E-state index is 13.8. The number of amides is 2. The fourth-order valence-electron chi connectivity index (χ4n) is 5.32. The van der Waals surface area contributed by atoms with Gasteiger partial charge in [-0.3, -0.25) is 4.79 Å². The minimum absolute atomic E-state index is 0.177. The molecule has 41 heavy (non-hydrogen) atoms. The van der Waals surface area contributed by atoms with Crippen molar-refractivity contribution >= 4 is 17.8 Å². The third-order valence-corrected chi connectivity index (χ3v) is 7.52. The van der Waals surface area contributed by atoms with Gasteiger partial charge in [-0.2, -0.15) is 0 Å². The fourth-order valence-corrected chi connectivity index (χ4v) is 5.32. The van der Waals surface area contributed by atoms with Crippen LogP contribution in [0, 0.1) is 0 Å². The lowest BCUT2D eigenvalue weighted by Gasteiger charge is -2.45. The third-order valence-electron chi connectivity index (χ3n) is 7.52. The van der Waals surface area contributed by atoms with Gasteiger partial charge in [0.25, 0.3) is 0 Å². The summed E-state index contributed by atoms with van der Waals surface area (Å²) < 4.78 is 17.2. The lowest BCUT2D eigenvalue weighted by molar-refractivity contribution is -0.156. The number of ketones is 1. The van der Waals surface area contributed by atoms with Gasteiger partial charge in [0, 0.05) is 26.0 Å². The Kier molecular flexibility index (Phi) is 11.6. The van der Waals surface area contributed by atoms with Gasteiger partial charge in [0.05, 0.1) is 25.4 Å². The summed E-state index contributed by atoms with van der Waals surface area (Å²) in [7, 11) is 0. The van der Waals surface area contributed by atoms with E-state index < -0.39 is 23.6 Å². The van der Waals surface area contributed by atoms with Crippen molar-refractivity contribution in [2.75, 3.05) is 26.4 Å². The molecule has 3 rings (SSSR count). The lowest BCUT2D eigenvalue weighted by Crippen LogP contribution is -2.66. The van der Waals surface area contributed by atoms with E-state index in [1.807, 2.05) is 45.9 Å². The highest BCUT2D eigenvalue weighted by atomic mass is 16.5. The lowest BCUT2D eigenvalue weighted by atomic mass is 9.74. The van der Waals surface area contributed by atoms with Crippen LogP contribution < -0.4 is 14.8 Å². The summed E-state index contributed by atoms with van der Waals surface area (Å²) >= 11 is 0. The number of rotatable bonds is 16. The van der Waals surface area contributed by atoms with Crippen LogP contribution in [-0.4, -0.2) is 65.8 Å². The number of aliphatic carboxylic acids is 1. The van der Waals surface area contributed by atoms with Crippen LogP contribution in [0.4, 0.5) is 4.79 Å². The van der Waals surface area contributed by atoms with Crippen molar-refractivity contribution in [1.82, 2.24) is 10.2 Å². The molecule has 0 radical (unpaired) electrons. The average Bonchev–Trinajstić information content (AvgIpc) is 2.91. The molecule has 2 N–H and O–H groups in total. The van der Waals surface area contributed by atoms with E-state index in [9.17, 15) is 19.5 Å². The molecule has 9 nitrogen and oxygen atoms in total. The van der Waals surface area contributed by atoms with Gasteiger partial charge in [0.1, 0.15) is 22.6 Å². The van der Waals surface area contributed by atoms with E-state index in [-0.39, 0.29) is 24.7 Å². The second kappa shape index (κ2) is 14.9. The van der Waals surface area contributed by atoms with Crippen molar-refractivity contribution in [1.29, 1.82) is 0 Å². The summed E-state index contributed by atoms with van der Waals surface area (Å²) in [5, 5.41) is 12.8. The predicted octanol–water partition coefficient (Wildman–Crippen LogP) is 5.80. The molecule has 0 aliphatic heterocycles. The molecule has 2 aromatic carbocycles. The normalized spacial score (nSPS) is 18.6. The molecular formula is C32H44N2O7. The molecule has 2 aromatic rings. The van der Waals surface area contributed by atoms with Crippen LogP contribution in [0.2, 0.25) is 0 Å². The van der Waals surface area contributed by atoms with E-state index >= 15 is 0 Å². The molecule has 0 saturated heterocycles. The minimum Gasteiger partial charge on any atom is -0.493 e. The number of hydrogen-bond donors (Lipinski definition) is 2. The second-order valence-corrected chi connectivity index (χ2v) is 10.4. The van der Waals surface area contributed by atoms with Gasteiger partial charge in [-0.25, -0.2) is 9.59 Å². The van der Waals surface area contributed by atoms with Crippen molar-refractivity contribution in [2.45, 2.75) is 84.4 Å². The Bertz CT molecular complexity index is 1150. The molecule has 1 atom stereocenters. The number of carboxylic acid groups (broad SMARTS) is 1. The summed E-state index contributed by atoms with van der Waals surface area (Å²) in [6, 6.07) is 12.8. The zero-order valence-electron chi connectivity index (χ0n) is 24.9. The number of carboxylic acids is 1. The van der Waals surface area contributed by atoms with Crippen LogP contribution in [0.3, 0.4) is 0 Å². The van der Waals surface area contributed by atoms with Gasteiger partial charge in [0.2, 0.25) is 0 Å². The summed E-state index contributed by atoms with van der Waals surface area (Å²) in [4.78, 5) is 40.2.